The van der Waals surface area contributed by atoms with Gasteiger partial charge in [0.05, 0.1) is 17.1 Å². The number of nitrogens with one attached hydrogen (secondary N) is 1. The summed E-state index contributed by atoms with van der Waals surface area (Å²) in [6, 6.07) is 14.4. The summed E-state index contributed by atoms with van der Waals surface area (Å²) in [7, 11) is -3.26. The Morgan fingerprint density at radius 3 is 2.27 bits per heavy atom. The minimum absolute atomic E-state index is 0.211. The van der Waals surface area contributed by atoms with Crippen molar-refractivity contribution in [3.63, 3.8) is 0 Å². The van der Waals surface area contributed by atoms with E-state index in [0.717, 1.165) is 28.8 Å². The highest BCUT2D eigenvalue weighted by atomic mass is 32.2. The van der Waals surface area contributed by atoms with Gasteiger partial charge in [-0.15, -0.1) is 0 Å². The Balaban J connectivity index is 1.70. The molecule has 0 spiro atoms. The summed E-state index contributed by atoms with van der Waals surface area (Å²) >= 11 is 0. The third-order valence-corrected chi connectivity index (χ3v) is 5.97. The molecule has 0 aliphatic heterocycles. The molecule has 30 heavy (non-hydrogen) atoms. The molecule has 0 radical (unpaired) electrons. The predicted molar refractivity (Wildman–Crippen MR) is 119 cm³/mol. The van der Waals surface area contributed by atoms with Crippen LogP contribution in [0.3, 0.4) is 0 Å². The number of nitrogens with zero attached hydrogens (tertiary/aromatic N) is 2. The molecule has 0 fully saturated rings. The van der Waals surface area contributed by atoms with Crippen LogP contribution >= 0.6 is 0 Å². The number of carbonyl (C=O) groups excluding carboxylic acids is 1. The lowest BCUT2D eigenvalue weighted by atomic mass is 10.1. The zero-order valence-corrected chi connectivity index (χ0v) is 18.3. The fraction of sp³-hybridized carbons (Fsp3) is 0.217. The standard InChI is InChI=1S/C23H25N3O3S/c1-16-5-7-19(8-6-16)15-26-18(3)22(17(2)25-26)13-14-23(27)24-20-9-11-21(12-10-20)30(4,28)29/h5-14H,15H2,1-4H3,(H,24,27)/b14-13+. The summed E-state index contributed by atoms with van der Waals surface area (Å²) in [6.45, 7) is 6.62. The number of amides is 1. The summed E-state index contributed by atoms with van der Waals surface area (Å²) in [6.07, 6.45) is 4.36. The van der Waals surface area contributed by atoms with Gasteiger partial charge in [-0.25, -0.2) is 8.42 Å². The van der Waals surface area contributed by atoms with E-state index in [-0.39, 0.29) is 10.8 Å². The Bertz CT molecular complexity index is 1190. The van der Waals surface area contributed by atoms with Crippen molar-refractivity contribution in [2.24, 2.45) is 0 Å². The lowest BCUT2D eigenvalue weighted by Gasteiger charge is -2.05. The summed E-state index contributed by atoms with van der Waals surface area (Å²) < 4.78 is 25.0. The van der Waals surface area contributed by atoms with Crippen LogP contribution in [0.2, 0.25) is 0 Å². The first-order valence-corrected chi connectivity index (χ1v) is 11.4. The van der Waals surface area contributed by atoms with Gasteiger partial charge in [-0.2, -0.15) is 5.10 Å². The van der Waals surface area contributed by atoms with Gasteiger partial charge >= 0.3 is 0 Å². The predicted octanol–water partition coefficient (Wildman–Crippen LogP) is 3.91. The van der Waals surface area contributed by atoms with Gasteiger partial charge in [-0.3, -0.25) is 9.48 Å². The third kappa shape index (κ3) is 5.24. The lowest BCUT2D eigenvalue weighted by Crippen LogP contribution is -2.08. The van der Waals surface area contributed by atoms with Crippen LogP contribution < -0.4 is 5.32 Å². The highest BCUT2D eigenvalue weighted by Crippen LogP contribution is 2.18. The van der Waals surface area contributed by atoms with Crippen molar-refractivity contribution < 1.29 is 13.2 Å². The van der Waals surface area contributed by atoms with Crippen LogP contribution in [-0.4, -0.2) is 30.4 Å². The molecule has 3 aromatic rings. The maximum Gasteiger partial charge on any atom is 0.248 e. The zero-order valence-electron chi connectivity index (χ0n) is 17.5. The van der Waals surface area contributed by atoms with Gasteiger partial charge in [0.1, 0.15) is 0 Å². The Morgan fingerprint density at radius 2 is 1.67 bits per heavy atom. The van der Waals surface area contributed by atoms with Gasteiger partial charge in [-0.05, 0) is 56.7 Å². The van der Waals surface area contributed by atoms with Crippen molar-refractivity contribution in [2.45, 2.75) is 32.2 Å². The largest absolute Gasteiger partial charge is 0.323 e. The number of hydrogen-bond acceptors (Lipinski definition) is 4. The van der Waals surface area contributed by atoms with Crippen LogP contribution in [0.4, 0.5) is 5.69 Å². The van der Waals surface area contributed by atoms with Gasteiger partial charge in [-0.1, -0.05) is 29.8 Å². The van der Waals surface area contributed by atoms with Crippen molar-refractivity contribution in [2.75, 3.05) is 11.6 Å². The zero-order chi connectivity index (χ0) is 21.9. The van der Waals surface area contributed by atoms with Crippen LogP contribution in [0.15, 0.2) is 59.5 Å². The van der Waals surface area contributed by atoms with Gasteiger partial charge in [0, 0.05) is 29.3 Å². The van der Waals surface area contributed by atoms with E-state index < -0.39 is 9.84 Å². The van der Waals surface area contributed by atoms with E-state index in [4.69, 9.17) is 0 Å². The summed E-state index contributed by atoms with van der Waals surface area (Å²) in [5.74, 6) is -0.299. The van der Waals surface area contributed by atoms with Crippen molar-refractivity contribution in [3.05, 3.63) is 82.7 Å². The first-order chi connectivity index (χ1) is 14.1. The van der Waals surface area contributed by atoms with Crippen molar-refractivity contribution >= 4 is 27.5 Å². The van der Waals surface area contributed by atoms with Crippen LogP contribution in [0.5, 0.6) is 0 Å². The fourth-order valence-electron chi connectivity index (χ4n) is 3.10. The Hall–Kier alpha value is -3.19. The van der Waals surface area contributed by atoms with E-state index in [0.29, 0.717) is 12.2 Å². The van der Waals surface area contributed by atoms with Crippen molar-refractivity contribution in [1.29, 1.82) is 0 Å². The smallest absolute Gasteiger partial charge is 0.248 e. The number of aryl methyl sites for hydroxylation is 2. The molecule has 7 heteroatoms. The third-order valence-electron chi connectivity index (χ3n) is 4.84. The summed E-state index contributed by atoms with van der Waals surface area (Å²) in [5, 5.41) is 7.33. The van der Waals surface area contributed by atoms with Crippen LogP contribution in [-0.2, 0) is 21.2 Å². The lowest BCUT2D eigenvalue weighted by molar-refractivity contribution is -0.111. The maximum atomic E-state index is 12.3. The molecule has 0 bridgehead atoms. The fourth-order valence-corrected chi connectivity index (χ4v) is 3.73. The molecule has 1 N–H and O–H groups in total. The minimum Gasteiger partial charge on any atom is -0.323 e. The van der Waals surface area contributed by atoms with Crippen LogP contribution in [0.1, 0.15) is 28.1 Å². The Kier molecular flexibility index (Phi) is 6.22. The number of sulfone groups is 1. The molecule has 0 aliphatic rings. The van der Waals surface area contributed by atoms with Gasteiger partial charge < -0.3 is 5.32 Å². The number of carbonyl (C=O) groups is 1. The number of hydrogen-bond donors (Lipinski definition) is 1. The molecule has 0 saturated carbocycles. The van der Waals surface area contributed by atoms with E-state index in [1.165, 1.54) is 23.8 Å². The molecule has 0 aliphatic carbocycles. The number of aromatic nitrogens is 2. The van der Waals surface area contributed by atoms with Crippen LogP contribution in [0, 0.1) is 20.8 Å². The summed E-state index contributed by atoms with van der Waals surface area (Å²) in [5.41, 5.74) is 5.64. The van der Waals surface area contributed by atoms with Crippen LogP contribution in [0.25, 0.3) is 6.08 Å². The number of anilines is 1. The van der Waals surface area contributed by atoms with E-state index in [2.05, 4.69) is 41.6 Å². The molecule has 0 saturated heterocycles. The Morgan fingerprint density at radius 1 is 1.03 bits per heavy atom. The quantitative estimate of drug-likeness (QED) is 0.610. The summed E-state index contributed by atoms with van der Waals surface area (Å²) in [4.78, 5) is 12.5. The van der Waals surface area contributed by atoms with E-state index in [9.17, 15) is 13.2 Å². The van der Waals surface area contributed by atoms with E-state index in [1.54, 1.807) is 18.2 Å². The maximum absolute atomic E-state index is 12.3. The van der Waals surface area contributed by atoms with E-state index in [1.807, 2.05) is 18.5 Å². The second-order valence-corrected chi connectivity index (χ2v) is 9.36. The Labute approximate surface area is 177 Å². The highest BCUT2D eigenvalue weighted by molar-refractivity contribution is 7.90. The molecule has 1 aromatic heterocycles. The molecule has 6 nitrogen and oxygen atoms in total. The second-order valence-electron chi connectivity index (χ2n) is 7.35. The molecule has 0 atom stereocenters. The molecular weight excluding hydrogens is 398 g/mol. The highest BCUT2D eigenvalue weighted by Gasteiger charge is 2.11. The monoisotopic (exact) mass is 423 g/mol. The first kappa shape index (κ1) is 21.5. The molecule has 0 unspecified atom stereocenters. The average molecular weight is 424 g/mol. The SMILES string of the molecule is Cc1ccc(Cn2nc(C)c(/C=C/C(=O)Nc3ccc(S(C)(=O)=O)cc3)c2C)cc1. The first-order valence-electron chi connectivity index (χ1n) is 9.52. The minimum atomic E-state index is -3.26. The van der Waals surface area contributed by atoms with Crippen molar-refractivity contribution in [3.8, 4) is 0 Å². The molecule has 3 rings (SSSR count). The molecule has 1 amide bonds. The topological polar surface area (TPSA) is 81.1 Å². The van der Waals surface area contributed by atoms with E-state index >= 15 is 0 Å². The molecule has 2 aromatic carbocycles. The molecule has 156 valence electrons. The number of rotatable bonds is 6. The molecular formula is C23H25N3O3S. The number of benzene rings is 2. The second kappa shape index (κ2) is 8.67. The van der Waals surface area contributed by atoms with Gasteiger partial charge in [0.15, 0.2) is 9.84 Å². The normalized spacial score (nSPS) is 11.7. The molecule has 1 heterocycles. The van der Waals surface area contributed by atoms with Crippen molar-refractivity contribution in [1.82, 2.24) is 9.78 Å². The van der Waals surface area contributed by atoms with Gasteiger partial charge in [0.25, 0.3) is 0 Å². The average Bonchev–Trinajstić information content (AvgIpc) is 2.94. The van der Waals surface area contributed by atoms with Gasteiger partial charge in [0.2, 0.25) is 5.91 Å².